The van der Waals surface area contributed by atoms with E-state index in [1.54, 1.807) is 5.01 Å². The first-order valence-corrected chi connectivity index (χ1v) is 10.9. The van der Waals surface area contributed by atoms with Crippen LogP contribution < -0.4 is 5.01 Å². The summed E-state index contributed by atoms with van der Waals surface area (Å²) < 4.78 is 11.0. The topological polar surface area (TPSA) is 87.3 Å². The average molecular weight is 421 g/mol. The molecule has 1 aromatic rings. The van der Waals surface area contributed by atoms with Gasteiger partial charge in [0.15, 0.2) is 0 Å². The molecule has 9 heteroatoms. The van der Waals surface area contributed by atoms with E-state index in [4.69, 9.17) is 9.26 Å². The minimum Gasteiger partial charge on any atom is -0.444 e. The SMILES string of the molecule is CC(C)=NN(c1noc(C2CN(C3CCN(C(=O)OC(C)(C)C)CC3)C2)n1)C(C)C. The van der Waals surface area contributed by atoms with Crippen molar-refractivity contribution in [2.45, 2.75) is 84.9 Å². The van der Waals surface area contributed by atoms with E-state index in [-0.39, 0.29) is 18.1 Å². The molecule has 0 unspecified atom stereocenters. The molecule has 1 amide bonds. The maximum absolute atomic E-state index is 12.2. The van der Waals surface area contributed by atoms with E-state index in [2.05, 4.69) is 34.0 Å². The van der Waals surface area contributed by atoms with Crippen molar-refractivity contribution in [2.24, 2.45) is 5.10 Å². The summed E-state index contributed by atoms with van der Waals surface area (Å²) in [6.07, 6.45) is 1.72. The average Bonchev–Trinajstić information content (AvgIpc) is 3.06. The van der Waals surface area contributed by atoms with Crippen LogP contribution in [0.1, 0.15) is 73.1 Å². The highest BCUT2D eigenvalue weighted by molar-refractivity contribution is 5.79. The lowest BCUT2D eigenvalue weighted by molar-refractivity contribution is 0.00385. The van der Waals surface area contributed by atoms with Crippen LogP contribution in [0.4, 0.5) is 10.7 Å². The summed E-state index contributed by atoms with van der Waals surface area (Å²) in [5.41, 5.74) is 0.496. The Labute approximate surface area is 179 Å². The minimum absolute atomic E-state index is 0.151. The van der Waals surface area contributed by atoms with Crippen LogP contribution in [0.15, 0.2) is 9.62 Å². The van der Waals surface area contributed by atoms with Gasteiger partial charge in [-0.2, -0.15) is 10.1 Å². The number of nitrogens with zero attached hydrogens (tertiary/aromatic N) is 6. The first-order valence-electron chi connectivity index (χ1n) is 10.9. The third kappa shape index (κ3) is 5.50. The van der Waals surface area contributed by atoms with Crippen LogP contribution in [0.25, 0.3) is 0 Å². The Morgan fingerprint density at radius 3 is 2.40 bits per heavy atom. The van der Waals surface area contributed by atoms with Crippen molar-refractivity contribution in [1.29, 1.82) is 0 Å². The van der Waals surface area contributed by atoms with Crippen LogP contribution in [0.5, 0.6) is 0 Å². The molecule has 168 valence electrons. The van der Waals surface area contributed by atoms with E-state index in [1.807, 2.05) is 39.5 Å². The maximum Gasteiger partial charge on any atom is 0.410 e. The molecule has 0 spiro atoms. The molecule has 0 aliphatic carbocycles. The molecule has 2 saturated heterocycles. The molecule has 0 bridgehead atoms. The lowest BCUT2D eigenvalue weighted by atomic mass is 9.93. The fraction of sp³-hybridized carbons (Fsp3) is 0.810. The third-order valence-electron chi connectivity index (χ3n) is 5.32. The Morgan fingerprint density at radius 2 is 1.87 bits per heavy atom. The van der Waals surface area contributed by atoms with Gasteiger partial charge in [0.1, 0.15) is 5.60 Å². The van der Waals surface area contributed by atoms with E-state index >= 15 is 0 Å². The summed E-state index contributed by atoms with van der Waals surface area (Å²) in [5.74, 6) is 1.46. The van der Waals surface area contributed by atoms with Gasteiger partial charge in [-0.05, 0) is 66.5 Å². The summed E-state index contributed by atoms with van der Waals surface area (Å²) in [4.78, 5) is 21.1. The molecule has 3 heterocycles. The standard InChI is InChI=1S/C21H36N6O3/c1-14(2)23-27(15(3)4)19-22-18(30-24-19)16-12-26(13-16)17-8-10-25(11-9-17)20(28)29-21(5,6)7/h15-17H,8-13H2,1-7H3. The first-order chi connectivity index (χ1) is 14.0. The number of piperidine rings is 1. The van der Waals surface area contributed by atoms with Crippen LogP contribution in [-0.4, -0.2) is 75.6 Å². The zero-order valence-electron chi connectivity index (χ0n) is 19.4. The van der Waals surface area contributed by atoms with Crippen molar-refractivity contribution in [1.82, 2.24) is 19.9 Å². The van der Waals surface area contributed by atoms with Crippen LogP contribution in [0, 0.1) is 0 Å². The molecule has 0 N–H and O–H groups in total. The fourth-order valence-electron chi connectivity index (χ4n) is 3.80. The van der Waals surface area contributed by atoms with E-state index in [9.17, 15) is 4.79 Å². The fourth-order valence-corrected chi connectivity index (χ4v) is 3.80. The molecule has 0 radical (unpaired) electrons. The van der Waals surface area contributed by atoms with E-state index < -0.39 is 5.60 Å². The summed E-state index contributed by atoms with van der Waals surface area (Å²) in [5, 5.41) is 10.4. The molecular formula is C21H36N6O3. The number of amides is 1. The highest BCUT2D eigenvalue weighted by Gasteiger charge is 2.39. The lowest BCUT2D eigenvalue weighted by Crippen LogP contribution is -2.55. The van der Waals surface area contributed by atoms with Gasteiger partial charge in [-0.3, -0.25) is 4.90 Å². The normalized spacial score (nSPS) is 19.0. The Balaban J connectivity index is 1.49. The summed E-state index contributed by atoms with van der Waals surface area (Å²) in [7, 11) is 0. The Morgan fingerprint density at radius 1 is 1.23 bits per heavy atom. The molecule has 0 atom stereocenters. The van der Waals surface area contributed by atoms with Gasteiger partial charge in [-0.25, -0.2) is 9.80 Å². The number of likely N-dealkylation sites (tertiary alicyclic amines) is 2. The van der Waals surface area contributed by atoms with Gasteiger partial charge >= 0.3 is 6.09 Å². The Bertz CT molecular complexity index is 751. The number of hydrogen-bond acceptors (Lipinski definition) is 8. The monoisotopic (exact) mass is 420 g/mol. The molecule has 3 rings (SSSR count). The van der Waals surface area contributed by atoms with Crippen molar-refractivity contribution >= 4 is 17.8 Å². The van der Waals surface area contributed by atoms with Crippen LogP contribution >= 0.6 is 0 Å². The van der Waals surface area contributed by atoms with Crippen LogP contribution in [0.3, 0.4) is 0 Å². The van der Waals surface area contributed by atoms with Crippen molar-refractivity contribution in [3.05, 3.63) is 5.89 Å². The molecule has 1 aromatic heterocycles. The van der Waals surface area contributed by atoms with Gasteiger partial charge in [-0.1, -0.05) is 0 Å². The number of rotatable bonds is 5. The van der Waals surface area contributed by atoms with E-state index in [0.29, 0.717) is 17.9 Å². The molecule has 9 nitrogen and oxygen atoms in total. The van der Waals surface area contributed by atoms with Gasteiger partial charge in [0.25, 0.3) is 5.95 Å². The van der Waals surface area contributed by atoms with Gasteiger partial charge in [0, 0.05) is 37.9 Å². The van der Waals surface area contributed by atoms with Gasteiger partial charge < -0.3 is 14.2 Å². The molecule has 0 saturated carbocycles. The third-order valence-corrected chi connectivity index (χ3v) is 5.32. The second-order valence-electron chi connectivity index (χ2n) is 9.77. The molecule has 2 aliphatic rings. The number of hydrogen-bond donors (Lipinski definition) is 0. The second kappa shape index (κ2) is 8.91. The Hall–Kier alpha value is -2.16. The first kappa shape index (κ1) is 22.5. The van der Waals surface area contributed by atoms with E-state index in [1.165, 1.54) is 0 Å². The molecule has 30 heavy (non-hydrogen) atoms. The number of ether oxygens (including phenoxy) is 1. The van der Waals surface area contributed by atoms with Gasteiger partial charge in [0.2, 0.25) is 5.89 Å². The summed E-state index contributed by atoms with van der Waals surface area (Å²) in [6.45, 7) is 17.0. The van der Waals surface area contributed by atoms with Crippen LogP contribution in [-0.2, 0) is 4.74 Å². The highest BCUT2D eigenvalue weighted by atomic mass is 16.6. The maximum atomic E-state index is 12.2. The summed E-state index contributed by atoms with van der Waals surface area (Å²) >= 11 is 0. The quantitative estimate of drug-likeness (QED) is 0.532. The van der Waals surface area contributed by atoms with Crippen molar-refractivity contribution in [3.63, 3.8) is 0 Å². The predicted octanol–water partition coefficient (Wildman–Crippen LogP) is 3.48. The summed E-state index contributed by atoms with van der Waals surface area (Å²) in [6, 6.07) is 0.639. The van der Waals surface area contributed by atoms with Crippen LogP contribution in [0.2, 0.25) is 0 Å². The van der Waals surface area contributed by atoms with Gasteiger partial charge in [0.05, 0.1) is 12.0 Å². The smallest absolute Gasteiger partial charge is 0.410 e. The number of carbonyl (C=O) groups excluding carboxylic acids is 1. The number of hydrazone groups is 1. The van der Waals surface area contributed by atoms with Crippen molar-refractivity contribution in [3.8, 4) is 0 Å². The van der Waals surface area contributed by atoms with Crippen molar-refractivity contribution in [2.75, 3.05) is 31.2 Å². The van der Waals surface area contributed by atoms with Crippen molar-refractivity contribution < 1.29 is 14.1 Å². The number of anilines is 1. The zero-order valence-corrected chi connectivity index (χ0v) is 19.4. The Kier molecular flexibility index (Phi) is 6.69. The number of carbonyl (C=O) groups is 1. The minimum atomic E-state index is -0.451. The second-order valence-corrected chi connectivity index (χ2v) is 9.77. The zero-order chi connectivity index (χ0) is 22.1. The van der Waals surface area contributed by atoms with E-state index in [0.717, 1.165) is 44.7 Å². The number of aromatic nitrogens is 2. The predicted molar refractivity (Wildman–Crippen MR) is 116 cm³/mol. The lowest BCUT2D eigenvalue weighted by Gasteiger charge is -2.45. The molecule has 2 fully saturated rings. The van der Waals surface area contributed by atoms with Gasteiger partial charge in [-0.15, -0.1) is 0 Å². The highest BCUT2D eigenvalue weighted by Crippen LogP contribution is 2.32. The molecule has 2 aliphatic heterocycles. The largest absolute Gasteiger partial charge is 0.444 e. The molecule has 0 aromatic carbocycles. The molecular weight excluding hydrogens is 384 g/mol.